The van der Waals surface area contributed by atoms with Gasteiger partial charge in [-0.2, -0.15) is 0 Å². The predicted molar refractivity (Wildman–Crippen MR) is 133 cm³/mol. The van der Waals surface area contributed by atoms with Crippen molar-refractivity contribution in [2.45, 2.75) is 38.6 Å². The van der Waals surface area contributed by atoms with Crippen LogP contribution < -0.4 is 0 Å². The summed E-state index contributed by atoms with van der Waals surface area (Å²) in [5.74, 6) is -3.46. The Balaban J connectivity index is 1.90. The first-order valence-electron chi connectivity index (χ1n) is 11.9. The van der Waals surface area contributed by atoms with Gasteiger partial charge in [-0.1, -0.05) is 44.2 Å². The Kier molecular flexibility index (Phi) is 5.47. The van der Waals surface area contributed by atoms with Gasteiger partial charge in [-0.25, -0.2) is 9.59 Å². The number of carbonyl (C=O) groups is 3. The molecule has 3 heterocycles. The van der Waals surface area contributed by atoms with Crippen molar-refractivity contribution in [3.8, 4) is 5.75 Å². The molecule has 0 saturated heterocycles. The Morgan fingerprint density at radius 1 is 1.00 bits per heavy atom. The van der Waals surface area contributed by atoms with E-state index < -0.39 is 23.3 Å². The maximum absolute atomic E-state index is 13.8. The van der Waals surface area contributed by atoms with E-state index in [1.165, 1.54) is 12.1 Å². The Labute approximate surface area is 207 Å². The lowest BCUT2D eigenvalue weighted by Gasteiger charge is -2.50. The monoisotopic (exact) mass is 486 g/mol. The number of aromatic nitrogens is 1. The largest absolute Gasteiger partial charge is 0.507 e. The number of aromatic hydroxyl groups is 1. The Bertz CT molecular complexity index is 1510. The number of rotatable bonds is 6. The maximum atomic E-state index is 13.8. The summed E-state index contributed by atoms with van der Waals surface area (Å²) in [6.45, 7) is 3.75. The molecule has 1 atom stereocenters. The van der Waals surface area contributed by atoms with E-state index in [2.05, 4.69) is 4.98 Å². The average molecular weight is 487 g/mol. The van der Waals surface area contributed by atoms with Gasteiger partial charge in [0.2, 0.25) is 5.54 Å². The van der Waals surface area contributed by atoms with E-state index in [9.17, 15) is 29.7 Å². The van der Waals surface area contributed by atoms with Crippen molar-refractivity contribution in [1.82, 2.24) is 9.88 Å². The smallest absolute Gasteiger partial charge is 0.340 e. The van der Waals surface area contributed by atoms with E-state index >= 15 is 0 Å². The van der Waals surface area contributed by atoms with Crippen LogP contribution in [0.5, 0.6) is 5.75 Å². The number of nitrogens with one attached hydrogen (secondary N) is 1. The summed E-state index contributed by atoms with van der Waals surface area (Å²) in [5, 5.41) is 32.6. The minimum atomic E-state index is -2.03. The van der Waals surface area contributed by atoms with Crippen LogP contribution in [0.3, 0.4) is 0 Å². The molecule has 0 amide bonds. The van der Waals surface area contributed by atoms with Gasteiger partial charge in [0, 0.05) is 28.7 Å². The van der Waals surface area contributed by atoms with E-state index in [-0.39, 0.29) is 41.0 Å². The molecular formula is C28H26N2O6. The second-order valence-electron chi connectivity index (χ2n) is 8.98. The molecule has 1 aromatic heterocycles. The van der Waals surface area contributed by atoms with E-state index in [4.69, 9.17) is 0 Å². The van der Waals surface area contributed by atoms with Gasteiger partial charge < -0.3 is 25.2 Å². The number of phenolic OH excluding ortho intramolecular Hbond substituents is 1. The van der Waals surface area contributed by atoms with Crippen LogP contribution in [-0.2, 0) is 21.5 Å². The molecule has 0 saturated carbocycles. The second kappa shape index (κ2) is 8.41. The fraction of sp³-hybridized carbons (Fsp3) is 0.250. The van der Waals surface area contributed by atoms with Crippen molar-refractivity contribution in [1.29, 1.82) is 0 Å². The van der Waals surface area contributed by atoms with Crippen LogP contribution in [0.25, 0.3) is 10.9 Å². The van der Waals surface area contributed by atoms with Crippen molar-refractivity contribution in [3.63, 3.8) is 0 Å². The Morgan fingerprint density at radius 3 is 2.33 bits per heavy atom. The molecule has 0 fully saturated rings. The van der Waals surface area contributed by atoms with Crippen LogP contribution in [0.4, 0.5) is 0 Å². The molecule has 8 nitrogen and oxygen atoms in total. The lowest BCUT2D eigenvalue weighted by atomic mass is 9.70. The molecule has 4 N–H and O–H groups in total. The number of phenols is 1. The normalized spacial score (nSPS) is 19.3. The van der Waals surface area contributed by atoms with Crippen LogP contribution >= 0.6 is 0 Å². The van der Waals surface area contributed by atoms with Gasteiger partial charge in [-0.15, -0.1) is 0 Å². The van der Waals surface area contributed by atoms with E-state index in [0.717, 1.165) is 16.5 Å². The number of hydrogen-bond donors (Lipinski definition) is 4. The predicted octanol–water partition coefficient (Wildman–Crippen LogP) is 4.36. The van der Waals surface area contributed by atoms with Crippen molar-refractivity contribution in [2.75, 3.05) is 6.54 Å². The molecule has 5 rings (SSSR count). The number of fused-ring (bicyclic) bond motifs is 5. The number of hydrogen-bond acceptors (Lipinski definition) is 5. The molecular weight excluding hydrogens is 460 g/mol. The second-order valence-corrected chi connectivity index (χ2v) is 8.98. The number of H-pyrrole nitrogens is 1. The molecule has 0 radical (unpaired) electrons. The zero-order valence-corrected chi connectivity index (χ0v) is 20.0. The third-order valence-corrected chi connectivity index (χ3v) is 7.33. The summed E-state index contributed by atoms with van der Waals surface area (Å²) in [6.07, 6.45) is 0.901. The van der Waals surface area contributed by atoms with Gasteiger partial charge in [0.05, 0.1) is 16.8 Å². The first-order valence-corrected chi connectivity index (χ1v) is 11.9. The number of para-hydroxylation sites is 2. The Hall–Kier alpha value is -4.33. The molecule has 0 bridgehead atoms. The summed E-state index contributed by atoms with van der Waals surface area (Å²) < 4.78 is 0. The van der Waals surface area contributed by atoms with Gasteiger partial charge in [0.15, 0.2) is 5.78 Å². The number of aliphatic carboxylic acids is 2. The summed E-state index contributed by atoms with van der Waals surface area (Å²) in [6, 6.07) is 13.5. The van der Waals surface area contributed by atoms with Gasteiger partial charge in [0.1, 0.15) is 5.75 Å². The highest BCUT2D eigenvalue weighted by Gasteiger charge is 2.60. The fourth-order valence-corrected chi connectivity index (χ4v) is 5.95. The lowest BCUT2D eigenvalue weighted by Crippen LogP contribution is -2.60. The number of carbonyl (C=O) groups excluding carboxylic acids is 1. The minimum absolute atomic E-state index is 0.0419. The van der Waals surface area contributed by atoms with Crippen molar-refractivity contribution < 1.29 is 29.7 Å². The van der Waals surface area contributed by atoms with E-state index in [0.29, 0.717) is 24.2 Å². The van der Waals surface area contributed by atoms with E-state index in [1.54, 1.807) is 24.0 Å². The Morgan fingerprint density at radius 2 is 1.69 bits per heavy atom. The number of Topliss-reactive ketones (excluding diaryl/α,β-unsaturated/α-hetero) is 1. The summed E-state index contributed by atoms with van der Waals surface area (Å²) in [5.41, 5.74) is 0.240. The van der Waals surface area contributed by atoms with Crippen LogP contribution in [0.2, 0.25) is 0 Å². The SMILES string of the molecule is CCC1=C(C(=O)O)C2(C(=O)O)c3[nH]c4ccccc4c3CCN2C(CC)=C1C(=O)c1ccccc1O. The number of carboxylic acid groups (broad SMARTS) is 2. The van der Waals surface area contributed by atoms with Crippen LogP contribution in [0.1, 0.15) is 48.3 Å². The highest BCUT2D eigenvalue weighted by Crippen LogP contribution is 2.52. The van der Waals surface area contributed by atoms with Gasteiger partial charge in [-0.3, -0.25) is 4.79 Å². The minimum Gasteiger partial charge on any atom is -0.507 e. The summed E-state index contributed by atoms with van der Waals surface area (Å²) in [4.78, 5) is 44.9. The summed E-state index contributed by atoms with van der Waals surface area (Å²) >= 11 is 0. The van der Waals surface area contributed by atoms with Crippen LogP contribution in [0.15, 0.2) is 70.9 Å². The molecule has 2 aliphatic rings. The van der Waals surface area contributed by atoms with Crippen LogP contribution in [0, 0.1) is 0 Å². The molecule has 1 unspecified atom stereocenters. The van der Waals surface area contributed by atoms with Gasteiger partial charge in [-0.05, 0) is 48.6 Å². The number of carboxylic acids is 2. The highest BCUT2D eigenvalue weighted by molar-refractivity contribution is 6.16. The van der Waals surface area contributed by atoms with Crippen LogP contribution in [-0.4, -0.2) is 49.5 Å². The fourth-order valence-electron chi connectivity index (χ4n) is 5.95. The standard InChI is InChI=1S/C28H26N2O6/c1-3-15-22(24(32)18-10-6-8-12-21(18)31)20(4-2)30-14-13-17-16-9-5-7-11-19(16)29-25(17)28(30,27(35)36)23(15)26(33)34/h5-12,29,31H,3-4,13-14H2,1-2H3,(H,33,34)(H,35,36). The molecule has 3 aromatic rings. The average Bonchev–Trinajstić information content (AvgIpc) is 3.25. The van der Waals surface area contributed by atoms with Gasteiger partial charge in [0.25, 0.3) is 0 Å². The van der Waals surface area contributed by atoms with Crippen molar-refractivity contribution in [2.24, 2.45) is 0 Å². The molecule has 0 spiro atoms. The zero-order valence-electron chi connectivity index (χ0n) is 20.0. The molecule has 36 heavy (non-hydrogen) atoms. The topological polar surface area (TPSA) is 131 Å². The van der Waals surface area contributed by atoms with Gasteiger partial charge >= 0.3 is 11.9 Å². The zero-order chi connectivity index (χ0) is 25.8. The van der Waals surface area contributed by atoms with E-state index in [1.807, 2.05) is 31.2 Å². The first-order chi connectivity index (χ1) is 17.3. The molecule has 0 aliphatic carbocycles. The number of ketones is 1. The number of allylic oxidation sites excluding steroid dienone is 3. The number of benzene rings is 2. The third-order valence-electron chi connectivity index (χ3n) is 7.33. The quantitative estimate of drug-likeness (QED) is 0.381. The molecule has 8 heteroatoms. The highest BCUT2D eigenvalue weighted by atomic mass is 16.4. The number of aromatic amines is 1. The van der Waals surface area contributed by atoms with Crippen molar-refractivity contribution in [3.05, 3.63) is 87.8 Å². The number of nitrogens with zero attached hydrogens (tertiary/aromatic N) is 1. The third kappa shape index (κ3) is 2.97. The lowest BCUT2D eigenvalue weighted by molar-refractivity contribution is -0.153. The molecule has 2 aromatic carbocycles. The maximum Gasteiger partial charge on any atom is 0.340 e. The summed E-state index contributed by atoms with van der Waals surface area (Å²) in [7, 11) is 0. The van der Waals surface area contributed by atoms with Crippen molar-refractivity contribution >= 4 is 28.6 Å². The molecule has 2 aliphatic heterocycles. The molecule has 184 valence electrons. The first kappa shape index (κ1) is 23.4.